The summed E-state index contributed by atoms with van der Waals surface area (Å²) in [5, 5.41) is 3.40. The van der Waals surface area contributed by atoms with Gasteiger partial charge in [0.15, 0.2) is 5.96 Å². The zero-order valence-corrected chi connectivity index (χ0v) is 21.4. The smallest absolute Gasteiger partial charge is 0.219 e. The predicted octanol–water partition coefficient (Wildman–Crippen LogP) is 3.50. The molecule has 1 fully saturated rings. The Hall–Kier alpha value is -2.29. The maximum Gasteiger partial charge on any atom is 0.219 e. The highest BCUT2D eigenvalue weighted by molar-refractivity contribution is 14.0. The molecule has 0 radical (unpaired) electrons. The molecule has 2 heterocycles. The first-order valence-electron chi connectivity index (χ1n) is 11.3. The van der Waals surface area contributed by atoms with Crippen LogP contribution in [0.4, 0.5) is 5.69 Å². The summed E-state index contributed by atoms with van der Waals surface area (Å²) in [4.78, 5) is 23.0. The standard InChI is InChI=1S/C25H33N5O.HI/c1-3-26-25(29-16-14-28(15-17-29)20(2)31)27-18-21-8-10-22(11-9-21)19-30-13-12-23-6-4-5-7-24(23)30;/h4-11H,3,12-19H2,1-2H3,(H,26,27);1H. The Morgan fingerprint density at radius 2 is 1.59 bits per heavy atom. The largest absolute Gasteiger partial charge is 0.367 e. The van der Waals surface area contributed by atoms with E-state index in [-0.39, 0.29) is 29.9 Å². The van der Waals surface area contributed by atoms with Gasteiger partial charge in [0.25, 0.3) is 0 Å². The predicted molar refractivity (Wildman–Crippen MR) is 142 cm³/mol. The Labute approximate surface area is 208 Å². The van der Waals surface area contributed by atoms with Crippen LogP contribution in [0.25, 0.3) is 0 Å². The minimum Gasteiger partial charge on any atom is -0.367 e. The SMILES string of the molecule is CCNC(=NCc1ccc(CN2CCc3ccccc32)cc1)N1CCN(C(C)=O)CC1.I. The van der Waals surface area contributed by atoms with Gasteiger partial charge in [-0.05, 0) is 36.1 Å². The van der Waals surface area contributed by atoms with Crippen molar-refractivity contribution in [2.75, 3.05) is 44.2 Å². The molecular formula is C25H34IN5O. The number of aliphatic imine (C=N–C) groups is 1. The fourth-order valence-corrected chi connectivity index (χ4v) is 4.37. The van der Waals surface area contributed by atoms with E-state index in [1.807, 2.05) is 4.90 Å². The number of fused-ring (bicyclic) bond motifs is 1. The van der Waals surface area contributed by atoms with Gasteiger partial charge in [0.05, 0.1) is 6.54 Å². The molecule has 0 aliphatic carbocycles. The first kappa shape index (κ1) is 24.4. The topological polar surface area (TPSA) is 51.2 Å². The number of nitrogens with one attached hydrogen (secondary N) is 1. The van der Waals surface area contributed by atoms with Gasteiger partial charge in [-0.2, -0.15) is 0 Å². The number of halogens is 1. The molecule has 172 valence electrons. The van der Waals surface area contributed by atoms with Crippen molar-refractivity contribution in [3.8, 4) is 0 Å². The number of hydrogen-bond acceptors (Lipinski definition) is 3. The maximum absolute atomic E-state index is 11.6. The molecule has 1 amide bonds. The van der Waals surface area contributed by atoms with E-state index in [4.69, 9.17) is 4.99 Å². The number of nitrogens with zero attached hydrogens (tertiary/aromatic N) is 4. The number of carbonyl (C=O) groups excluding carboxylic acids is 1. The van der Waals surface area contributed by atoms with Crippen LogP contribution in [0.1, 0.15) is 30.5 Å². The van der Waals surface area contributed by atoms with E-state index in [1.165, 1.54) is 22.4 Å². The molecule has 0 saturated carbocycles. The molecule has 0 unspecified atom stereocenters. The monoisotopic (exact) mass is 547 g/mol. The molecule has 0 bridgehead atoms. The molecule has 2 aromatic rings. The van der Waals surface area contributed by atoms with Crippen molar-refractivity contribution >= 4 is 41.5 Å². The third kappa shape index (κ3) is 5.94. The molecule has 2 aliphatic heterocycles. The van der Waals surface area contributed by atoms with Gasteiger partial charge in [-0.3, -0.25) is 4.79 Å². The fraction of sp³-hybridized carbons (Fsp3) is 0.440. The van der Waals surface area contributed by atoms with Crippen molar-refractivity contribution < 1.29 is 4.79 Å². The van der Waals surface area contributed by atoms with E-state index in [9.17, 15) is 4.79 Å². The van der Waals surface area contributed by atoms with Crippen molar-refractivity contribution in [2.45, 2.75) is 33.4 Å². The van der Waals surface area contributed by atoms with Gasteiger partial charge in [-0.1, -0.05) is 42.5 Å². The lowest BCUT2D eigenvalue weighted by molar-refractivity contribution is -0.130. The molecular weight excluding hydrogens is 513 g/mol. The summed E-state index contributed by atoms with van der Waals surface area (Å²) in [6.07, 6.45) is 1.14. The molecule has 0 atom stereocenters. The number of guanidine groups is 1. The number of anilines is 1. The van der Waals surface area contributed by atoms with Gasteiger partial charge in [0.1, 0.15) is 0 Å². The second kappa shape index (κ2) is 11.5. The second-order valence-corrected chi connectivity index (χ2v) is 8.28. The Bertz CT molecular complexity index is 922. The van der Waals surface area contributed by atoms with Crippen LogP contribution < -0.4 is 10.2 Å². The first-order valence-corrected chi connectivity index (χ1v) is 11.3. The lowest BCUT2D eigenvalue weighted by Crippen LogP contribution is -2.53. The lowest BCUT2D eigenvalue weighted by atomic mass is 10.1. The van der Waals surface area contributed by atoms with Gasteiger partial charge in [-0.25, -0.2) is 4.99 Å². The van der Waals surface area contributed by atoms with Crippen LogP contribution >= 0.6 is 24.0 Å². The van der Waals surface area contributed by atoms with E-state index in [0.717, 1.165) is 58.2 Å². The normalized spacial score (nSPS) is 15.9. The van der Waals surface area contributed by atoms with E-state index in [0.29, 0.717) is 6.54 Å². The minimum absolute atomic E-state index is 0. The number of piperazine rings is 1. The summed E-state index contributed by atoms with van der Waals surface area (Å²) in [6.45, 7) is 10.4. The van der Waals surface area contributed by atoms with Crippen LogP contribution in [0.15, 0.2) is 53.5 Å². The third-order valence-electron chi connectivity index (χ3n) is 6.15. The van der Waals surface area contributed by atoms with Crippen molar-refractivity contribution in [3.05, 3.63) is 65.2 Å². The number of carbonyl (C=O) groups is 1. The highest BCUT2D eigenvalue weighted by Gasteiger charge is 2.21. The highest BCUT2D eigenvalue weighted by atomic mass is 127. The Morgan fingerprint density at radius 1 is 0.938 bits per heavy atom. The molecule has 6 nitrogen and oxygen atoms in total. The third-order valence-corrected chi connectivity index (χ3v) is 6.15. The van der Waals surface area contributed by atoms with E-state index >= 15 is 0 Å². The zero-order chi connectivity index (χ0) is 21.6. The fourth-order valence-electron chi connectivity index (χ4n) is 4.37. The zero-order valence-electron chi connectivity index (χ0n) is 19.1. The summed E-state index contributed by atoms with van der Waals surface area (Å²) in [5.74, 6) is 1.09. The first-order chi connectivity index (χ1) is 15.1. The number of hydrogen-bond donors (Lipinski definition) is 1. The van der Waals surface area contributed by atoms with Crippen LogP contribution in [0.3, 0.4) is 0 Å². The van der Waals surface area contributed by atoms with E-state index < -0.39 is 0 Å². The molecule has 0 spiro atoms. The van der Waals surface area contributed by atoms with Gasteiger partial charge >= 0.3 is 0 Å². The lowest BCUT2D eigenvalue weighted by Gasteiger charge is -2.36. The van der Waals surface area contributed by atoms with Crippen molar-refractivity contribution in [1.29, 1.82) is 0 Å². The molecule has 1 N–H and O–H groups in total. The van der Waals surface area contributed by atoms with E-state index in [2.05, 4.69) is 70.6 Å². The minimum atomic E-state index is 0. The molecule has 7 heteroatoms. The highest BCUT2D eigenvalue weighted by Crippen LogP contribution is 2.28. The molecule has 4 rings (SSSR count). The van der Waals surface area contributed by atoms with Crippen LogP contribution in [0.5, 0.6) is 0 Å². The maximum atomic E-state index is 11.6. The summed E-state index contributed by atoms with van der Waals surface area (Å²) < 4.78 is 0. The molecule has 1 saturated heterocycles. The summed E-state index contributed by atoms with van der Waals surface area (Å²) in [6, 6.07) is 17.6. The van der Waals surface area contributed by atoms with Crippen molar-refractivity contribution in [3.63, 3.8) is 0 Å². The molecule has 32 heavy (non-hydrogen) atoms. The van der Waals surface area contributed by atoms with Gasteiger partial charge < -0.3 is 20.0 Å². The molecule has 0 aromatic heterocycles. The van der Waals surface area contributed by atoms with Gasteiger partial charge in [0, 0.05) is 58.4 Å². The quantitative estimate of drug-likeness (QED) is 0.354. The second-order valence-electron chi connectivity index (χ2n) is 8.28. The Morgan fingerprint density at radius 3 is 2.28 bits per heavy atom. The van der Waals surface area contributed by atoms with Crippen LogP contribution in [-0.4, -0.2) is 60.9 Å². The van der Waals surface area contributed by atoms with Crippen molar-refractivity contribution in [1.82, 2.24) is 15.1 Å². The summed E-state index contributed by atoms with van der Waals surface area (Å²) in [5.41, 5.74) is 5.37. The molecule has 2 aliphatic rings. The number of amides is 1. The summed E-state index contributed by atoms with van der Waals surface area (Å²) in [7, 11) is 0. The number of benzene rings is 2. The summed E-state index contributed by atoms with van der Waals surface area (Å²) >= 11 is 0. The Balaban J connectivity index is 0.00000289. The van der Waals surface area contributed by atoms with E-state index in [1.54, 1.807) is 6.92 Å². The molecule has 2 aromatic carbocycles. The van der Waals surface area contributed by atoms with Crippen LogP contribution in [0.2, 0.25) is 0 Å². The van der Waals surface area contributed by atoms with Gasteiger partial charge in [-0.15, -0.1) is 24.0 Å². The number of para-hydroxylation sites is 1. The van der Waals surface area contributed by atoms with Crippen LogP contribution in [0, 0.1) is 0 Å². The average molecular weight is 547 g/mol. The number of rotatable bonds is 5. The van der Waals surface area contributed by atoms with Gasteiger partial charge in [0.2, 0.25) is 5.91 Å². The Kier molecular flexibility index (Phi) is 8.78. The van der Waals surface area contributed by atoms with Crippen molar-refractivity contribution in [2.24, 2.45) is 4.99 Å². The average Bonchev–Trinajstić information content (AvgIpc) is 3.20. The van der Waals surface area contributed by atoms with Crippen LogP contribution in [-0.2, 0) is 24.3 Å².